The summed E-state index contributed by atoms with van der Waals surface area (Å²) in [6.07, 6.45) is 0.0266. The standard InChI is InChI=1S/C18H19ClN2O5/c1-24-13-8-7-12(16(10-13)25-2)9-17(22)20-21-18(23)11-26-15-6-4-3-5-14(15)19/h3-8,10H,9,11H2,1-2H3,(H,20,22)(H,21,23). The van der Waals surface area contributed by atoms with Gasteiger partial charge in [-0.2, -0.15) is 0 Å². The van der Waals surface area contributed by atoms with Crippen LogP contribution in [0.25, 0.3) is 0 Å². The lowest BCUT2D eigenvalue weighted by molar-refractivity contribution is -0.129. The van der Waals surface area contributed by atoms with Crippen LogP contribution >= 0.6 is 11.6 Å². The summed E-state index contributed by atoms with van der Waals surface area (Å²) in [4.78, 5) is 23.7. The number of amides is 2. The molecule has 0 unspecified atom stereocenters. The van der Waals surface area contributed by atoms with E-state index in [2.05, 4.69) is 10.9 Å². The Balaban J connectivity index is 1.81. The smallest absolute Gasteiger partial charge is 0.276 e. The topological polar surface area (TPSA) is 85.9 Å². The van der Waals surface area contributed by atoms with Crippen LogP contribution in [-0.2, 0) is 16.0 Å². The number of para-hydroxylation sites is 1. The molecule has 2 aromatic rings. The number of benzene rings is 2. The molecule has 0 spiro atoms. The molecule has 0 saturated heterocycles. The molecule has 26 heavy (non-hydrogen) atoms. The van der Waals surface area contributed by atoms with Crippen LogP contribution in [0.1, 0.15) is 5.56 Å². The van der Waals surface area contributed by atoms with Gasteiger partial charge in [-0.25, -0.2) is 0 Å². The largest absolute Gasteiger partial charge is 0.497 e. The first kappa shape index (κ1) is 19.4. The molecule has 0 aliphatic rings. The van der Waals surface area contributed by atoms with Gasteiger partial charge in [-0.15, -0.1) is 0 Å². The number of carbonyl (C=O) groups excluding carboxylic acids is 2. The zero-order valence-corrected chi connectivity index (χ0v) is 15.1. The predicted octanol–water partition coefficient (Wildman–Crippen LogP) is 2.13. The molecule has 0 aliphatic carbocycles. The number of carbonyl (C=O) groups is 2. The second-order valence-electron chi connectivity index (χ2n) is 5.17. The molecule has 2 N–H and O–H groups in total. The average molecular weight is 379 g/mol. The summed E-state index contributed by atoms with van der Waals surface area (Å²) in [5.41, 5.74) is 5.26. The maximum Gasteiger partial charge on any atom is 0.276 e. The normalized spacial score (nSPS) is 9.96. The van der Waals surface area contributed by atoms with E-state index < -0.39 is 11.8 Å². The third-order valence-corrected chi connectivity index (χ3v) is 3.69. The molecular formula is C18H19ClN2O5. The Labute approximate surface area is 156 Å². The fourth-order valence-corrected chi connectivity index (χ4v) is 2.29. The first-order valence-corrected chi connectivity index (χ1v) is 8.07. The van der Waals surface area contributed by atoms with Crippen molar-refractivity contribution in [3.05, 3.63) is 53.1 Å². The number of hydrazine groups is 1. The Hall–Kier alpha value is -2.93. The molecule has 0 bridgehead atoms. The molecule has 0 saturated carbocycles. The molecule has 0 atom stereocenters. The zero-order chi connectivity index (χ0) is 18.9. The summed E-state index contributed by atoms with van der Waals surface area (Å²) in [6.45, 7) is -0.282. The zero-order valence-electron chi connectivity index (χ0n) is 14.4. The Morgan fingerprint density at radius 2 is 1.69 bits per heavy atom. The van der Waals surface area contributed by atoms with E-state index in [0.29, 0.717) is 27.8 Å². The highest BCUT2D eigenvalue weighted by molar-refractivity contribution is 6.32. The molecule has 0 radical (unpaired) electrons. The van der Waals surface area contributed by atoms with Crippen molar-refractivity contribution in [1.29, 1.82) is 0 Å². The van der Waals surface area contributed by atoms with Crippen LogP contribution in [0.3, 0.4) is 0 Å². The number of hydrogen-bond donors (Lipinski definition) is 2. The predicted molar refractivity (Wildman–Crippen MR) is 96.5 cm³/mol. The van der Waals surface area contributed by atoms with Crippen molar-refractivity contribution < 1.29 is 23.8 Å². The minimum Gasteiger partial charge on any atom is -0.497 e. The third-order valence-electron chi connectivity index (χ3n) is 3.38. The summed E-state index contributed by atoms with van der Waals surface area (Å²) < 4.78 is 15.6. The van der Waals surface area contributed by atoms with Gasteiger partial charge < -0.3 is 14.2 Å². The Bertz CT molecular complexity index is 782. The van der Waals surface area contributed by atoms with Crippen LogP contribution in [0.2, 0.25) is 5.02 Å². The number of hydrogen-bond acceptors (Lipinski definition) is 5. The van der Waals surface area contributed by atoms with Crippen molar-refractivity contribution in [1.82, 2.24) is 10.9 Å². The Morgan fingerprint density at radius 3 is 2.38 bits per heavy atom. The van der Waals surface area contributed by atoms with Crippen molar-refractivity contribution in [3.63, 3.8) is 0 Å². The second-order valence-corrected chi connectivity index (χ2v) is 5.58. The lowest BCUT2D eigenvalue weighted by Crippen LogP contribution is -2.44. The van der Waals surface area contributed by atoms with Gasteiger partial charge in [0, 0.05) is 11.6 Å². The lowest BCUT2D eigenvalue weighted by atomic mass is 10.1. The molecule has 7 nitrogen and oxygen atoms in total. The van der Waals surface area contributed by atoms with Gasteiger partial charge in [0.2, 0.25) is 5.91 Å². The maximum absolute atomic E-state index is 12.0. The number of halogens is 1. The first-order valence-electron chi connectivity index (χ1n) is 7.69. The van der Waals surface area contributed by atoms with Crippen LogP contribution in [0, 0.1) is 0 Å². The van der Waals surface area contributed by atoms with E-state index in [9.17, 15) is 9.59 Å². The fourth-order valence-electron chi connectivity index (χ4n) is 2.10. The van der Waals surface area contributed by atoms with Crippen LogP contribution in [0.5, 0.6) is 17.2 Å². The van der Waals surface area contributed by atoms with Gasteiger partial charge in [0.1, 0.15) is 17.2 Å². The van der Waals surface area contributed by atoms with Gasteiger partial charge >= 0.3 is 0 Å². The minimum absolute atomic E-state index is 0.0266. The SMILES string of the molecule is COc1ccc(CC(=O)NNC(=O)COc2ccccc2Cl)c(OC)c1. The fraction of sp³-hybridized carbons (Fsp3) is 0.222. The van der Waals surface area contributed by atoms with Crippen LogP contribution < -0.4 is 25.1 Å². The molecule has 0 heterocycles. The van der Waals surface area contributed by atoms with E-state index in [1.54, 1.807) is 49.6 Å². The summed E-state index contributed by atoms with van der Waals surface area (Å²) >= 11 is 5.93. The molecule has 0 fully saturated rings. The second kappa shape index (κ2) is 9.53. The molecule has 0 aliphatic heterocycles. The summed E-state index contributed by atoms with van der Waals surface area (Å²) in [5, 5.41) is 0.399. The van der Waals surface area contributed by atoms with E-state index in [1.165, 1.54) is 7.11 Å². The quantitative estimate of drug-likeness (QED) is 0.721. The number of rotatable bonds is 7. The van der Waals surface area contributed by atoms with Gasteiger partial charge in [0.25, 0.3) is 5.91 Å². The van der Waals surface area contributed by atoms with Crippen LogP contribution in [-0.4, -0.2) is 32.6 Å². The number of ether oxygens (including phenoxy) is 3. The Morgan fingerprint density at radius 1 is 0.962 bits per heavy atom. The van der Waals surface area contributed by atoms with Gasteiger partial charge in [0.05, 0.1) is 25.7 Å². The van der Waals surface area contributed by atoms with E-state index in [1.807, 2.05) is 0 Å². The minimum atomic E-state index is -0.514. The molecule has 2 amide bonds. The molecule has 2 rings (SSSR count). The van der Waals surface area contributed by atoms with Crippen molar-refractivity contribution in [2.24, 2.45) is 0 Å². The van der Waals surface area contributed by atoms with Gasteiger partial charge in [-0.3, -0.25) is 20.4 Å². The molecule has 2 aromatic carbocycles. The molecule has 8 heteroatoms. The van der Waals surface area contributed by atoms with Gasteiger partial charge in [-0.05, 0) is 18.2 Å². The highest BCUT2D eigenvalue weighted by Crippen LogP contribution is 2.25. The van der Waals surface area contributed by atoms with Crippen LogP contribution in [0.15, 0.2) is 42.5 Å². The van der Waals surface area contributed by atoms with Crippen molar-refractivity contribution in [2.75, 3.05) is 20.8 Å². The van der Waals surface area contributed by atoms with Crippen molar-refractivity contribution in [2.45, 2.75) is 6.42 Å². The van der Waals surface area contributed by atoms with E-state index in [4.69, 9.17) is 25.8 Å². The van der Waals surface area contributed by atoms with Gasteiger partial charge in [-0.1, -0.05) is 29.8 Å². The molecule has 138 valence electrons. The summed E-state index contributed by atoms with van der Waals surface area (Å²) in [5.74, 6) is 0.613. The van der Waals surface area contributed by atoms with E-state index >= 15 is 0 Å². The molecular weight excluding hydrogens is 360 g/mol. The van der Waals surface area contributed by atoms with Gasteiger partial charge in [0.15, 0.2) is 6.61 Å². The number of nitrogens with one attached hydrogen (secondary N) is 2. The monoisotopic (exact) mass is 378 g/mol. The summed E-state index contributed by atoms with van der Waals surface area (Å²) in [7, 11) is 3.05. The average Bonchev–Trinajstić information content (AvgIpc) is 2.66. The van der Waals surface area contributed by atoms with Crippen molar-refractivity contribution in [3.8, 4) is 17.2 Å². The Kier molecular flexibility index (Phi) is 7.11. The first-order chi connectivity index (χ1) is 12.5. The lowest BCUT2D eigenvalue weighted by Gasteiger charge is -2.12. The van der Waals surface area contributed by atoms with E-state index in [0.717, 1.165) is 0 Å². The van der Waals surface area contributed by atoms with Crippen LogP contribution in [0.4, 0.5) is 0 Å². The highest BCUT2D eigenvalue weighted by atomic mass is 35.5. The van der Waals surface area contributed by atoms with Crippen molar-refractivity contribution >= 4 is 23.4 Å². The molecule has 0 aromatic heterocycles. The third kappa shape index (κ3) is 5.56. The summed E-state index contributed by atoms with van der Waals surface area (Å²) in [6, 6.07) is 11.9. The highest BCUT2D eigenvalue weighted by Gasteiger charge is 2.11. The maximum atomic E-state index is 12.0. The van der Waals surface area contributed by atoms with E-state index in [-0.39, 0.29) is 13.0 Å². The number of methoxy groups -OCH3 is 2.